The van der Waals surface area contributed by atoms with Crippen molar-refractivity contribution in [1.82, 2.24) is 19.6 Å². The number of rotatable bonds is 5. The number of aliphatic imine (C=N–C) groups is 1. The summed E-state index contributed by atoms with van der Waals surface area (Å²) in [6.07, 6.45) is 9.50. The number of pyridine rings is 1. The lowest BCUT2D eigenvalue weighted by molar-refractivity contribution is 0.375. The number of likely N-dealkylation sites (tertiary alicyclic amines) is 1. The third-order valence-electron chi connectivity index (χ3n) is 5.25. The third-order valence-corrected chi connectivity index (χ3v) is 5.25. The summed E-state index contributed by atoms with van der Waals surface area (Å²) in [5.41, 5.74) is 4.90. The molecule has 0 saturated carbocycles. The van der Waals surface area contributed by atoms with Crippen LogP contribution in [0, 0.1) is 0 Å². The number of hydrogen-bond donors (Lipinski definition) is 1. The van der Waals surface area contributed by atoms with E-state index in [0.717, 1.165) is 62.7 Å². The van der Waals surface area contributed by atoms with Gasteiger partial charge in [-0.05, 0) is 37.5 Å². The fourth-order valence-corrected chi connectivity index (χ4v) is 3.74. The molecule has 0 radical (unpaired) electrons. The van der Waals surface area contributed by atoms with Gasteiger partial charge in [0.2, 0.25) is 0 Å². The van der Waals surface area contributed by atoms with Crippen LogP contribution in [0.2, 0.25) is 0 Å². The number of imidazole rings is 1. The normalized spacial score (nSPS) is 15.0. The molecular formula is C24H29N5. The number of nitrogens with zero attached hydrogens (tertiary/aromatic N) is 4. The summed E-state index contributed by atoms with van der Waals surface area (Å²) in [7, 11) is 0. The Labute approximate surface area is 172 Å². The molecule has 1 fully saturated rings. The van der Waals surface area contributed by atoms with Gasteiger partial charge in [0.05, 0.1) is 5.69 Å². The molecule has 3 aromatic rings. The van der Waals surface area contributed by atoms with E-state index >= 15 is 0 Å². The molecule has 1 aliphatic rings. The molecule has 5 heteroatoms. The summed E-state index contributed by atoms with van der Waals surface area (Å²) in [6.45, 7) is 5.78. The van der Waals surface area contributed by atoms with Crippen LogP contribution in [-0.2, 0) is 6.42 Å². The molecule has 4 rings (SSSR count). The maximum absolute atomic E-state index is 4.87. The smallest absolute Gasteiger partial charge is 0.193 e. The molecule has 0 unspecified atom stereocenters. The molecule has 0 spiro atoms. The second-order valence-electron chi connectivity index (χ2n) is 7.38. The molecule has 0 atom stereocenters. The van der Waals surface area contributed by atoms with Gasteiger partial charge in [-0.1, -0.05) is 48.0 Å². The topological polar surface area (TPSA) is 44.9 Å². The van der Waals surface area contributed by atoms with Gasteiger partial charge in [-0.3, -0.25) is 4.99 Å². The van der Waals surface area contributed by atoms with Crippen LogP contribution < -0.4 is 5.32 Å². The Morgan fingerprint density at radius 3 is 2.66 bits per heavy atom. The molecule has 2 aromatic heterocycles. The Morgan fingerprint density at radius 2 is 1.90 bits per heavy atom. The molecule has 150 valence electrons. The molecular weight excluding hydrogens is 358 g/mol. The maximum Gasteiger partial charge on any atom is 0.193 e. The number of aromatic nitrogens is 2. The molecule has 3 heterocycles. The van der Waals surface area contributed by atoms with Crippen molar-refractivity contribution in [3.05, 3.63) is 77.8 Å². The van der Waals surface area contributed by atoms with Crippen LogP contribution in [-0.4, -0.2) is 46.4 Å². The zero-order valence-corrected chi connectivity index (χ0v) is 17.1. The van der Waals surface area contributed by atoms with Crippen LogP contribution in [0.5, 0.6) is 0 Å². The summed E-state index contributed by atoms with van der Waals surface area (Å²) >= 11 is 0. The van der Waals surface area contributed by atoms with Crippen molar-refractivity contribution < 1.29 is 0 Å². The summed E-state index contributed by atoms with van der Waals surface area (Å²) in [5, 5.41) is 3.46. The highest BCUT2D eigenvalue weighted by atomic mass is 15.3. The minimum atomic E-state index is 0.745. The monoisotopic (exact) mass is 387 g/mol. The van der Waals surface area contributed by atoms with Crippen molar-refractivity contribution >= 4 is 17.7 Å². The Kier molecular flexibility index (Phi) is 6.25. The van der Waals surface area contributed by atoms with E-state index in [1.54, 1.807) is 0 Å². The van der Waals surface area contributed by atoms with Gasteiger partial charge in [-0.15, -0.1) is 0 Å². The third kappa shape index (κ3) is 5.05. The zero-order valence-electron chi connectivity index (χ0n) is 17.1. The molecule has 29 heavy (non-hydrogen) atoms. The number of hydrogen-bond acceptors (Lipinski definition) is 2. The van der Waals surface area contributed by atoms with Crippen LogP contribution >= 0.6 is 0 Å². The van der Waals surface area contributed by atoms with Gasteiger partial charge < -0.3 is 14.6 Å². The second-order valence-corrected chi connectivity index (χ2v) is 7.38. The van der Waals surface area contributed by atoms with E-state index in [1.165, 1.54) is 11.1 Å². The molecule has 1 N–H and O–H groups in total. The lowest BCUT2D eigenvalue weighted by atomic mass is 10.0. The van der Waals surface area contributed by atoms with E-state index in [1.807, 2.05) is 24.4 Å². The average molecular weight is 388 g/mol. The second kappa shape index (κ2) is 9.41. The molecule has 5 nitrogen and oxygen atoms in total. The van der Waals surface area contributed by atoms with E-state index in [-0.39, 0.29) is 0 Å². The Hall–Kier alpha value is -3.08. The van der Waals surface area contributed by atoms with Crippen molar-refractivity contribution in [2.24, 2.45) is 4.99 Å². The van der Waals surface area contributed by atoms with Crippen LogP contribution in [0.25, 0.3) is 11.7 Å². The molecule has 1 saturated heterocycles. The Morgan fingerprint density at radius 1 is 1.10 bits per heavy atom. The lowest BCUT2D eigenvalue weighted by Gasteiger charge is -2.31. The highest BCUT2D eigenvalue weighted by molar-refractivity contribution is 5.80. The first-order valence-corrected chi connectivity index (χ1v) is 10.5. The zero-order chi connectivity index (χ0) is 19.9. The quantitative estimate of drug-likeness (QED) is 0.531. The molecule has 0 amide bonds. The Bertz CT molecular complexity index is 944. The van der Waals surface area contributed by atoms with E-state index in [0.29, 0.717) is 0 Å². The van der Waals surface area contributed by atoms with E-state index < -0.39 is 0 Å². The highest BCUT2D eigenvalue weighted by Gasteiger charge is 2.17. The van der Waals surface area contributed by atoms with Gasteiger partial charge in [-0.25, -0.2) is 4.98 Å². The van der Waals surface area contributed by atoms with Crippen molar-refractivity contribution in [3.63, 3.8) is 0 Å². The maximum atomic E-state index is 4.87. The van der Waals surface area contributed by atoms with E-state index in [9.17, 15) is 0 Å². The summed E-state index contributed by atoms with van der Waals surface area (Å²) in [5.74, 6) is 1.02. The SMILES string of the molecule is CCNC(=NCCc1cn2ccccc2n1)N1CCC(=Cc2ccccc2)CC1. The summed E-state index contributed by atoms with van der Waals surface area (Å²) < 4.78 is 2.06. The van der Waals surface area contributed by atoms with E-state index in [2.05, 4.69) is 69.1 Å². The average Bonchev–Trinajstić information content (AvgIpc) is 3.17. The number of fused-ring (bicyclic) bond motifs is 1. The predicted molar refractivity (Wildman–Crippen MR) is 120 cm³/mol. The van der Waals surface area contributed by atoms with E-state index in [4.69, 9.17) is 4.99 Å². The number of nitrogens with one attached hydrogen (secondary N) is 1. The first-order chi connectivity index (χ1) is 14.3. The van der Waals surface area contributed by atoms with Gasteiger partial charge in [0.15, 0.2) is 5.96 Å². The van der Waals surface area contributed by atoms with Crippen LogP contribution in [0.1, 0.15) is 31.0 Å². The first kappa shape index (κ1) is 19.2. The van der Waals surface area contributed by atoms with Gasteiger partial charge in [0.1, 0.15) is 5.65 Å². The number of guanidine groups is 1. The van der Waals surface area contributed by atoms with Crippen molar-refractivity contribution in [3.8, 4) is 0 Å². The minimum absolute atomic E-state index is 0.745. The fraction of sp³-hybridized carbons (Fsp3) is 0.333. The highest BCUT2D eigenvalue weighted by Crippen LogP contribution is 2.19. The molecule has 0 bridgehead atoms. The van der Waals surface area contributed by atoms with Crippen molar-refractivity contribution in [1.29, 1.82) is 0 Å². The standard InChI is InChI=1S/C24H29N5/c1-2-25-24(26-14-11-22-19-29-15-7-6-10-23(29)27-22)28-16-12-21(13-17-28)18-20-8-4-3-5-9-20/h3-10,15,18-19H,2,11-14,16-17H2,1H3,(H,25,26). The Balaban J connectivity index is 1.35. The van der Waals surface area contributed by atoms with Gasteiger partial charge in [0.25, 0.3) is 0 Å². The van der Waals surface area contributed by atoms with Crippen LogP contribution in [0.3, 0.4) is 0 Å². The van der Waals surface area contributed by atoms with Gasteiger partial charge in [-0.2, -0.15) is 0 Å². The first-order valence-electron chi connectivity index (χ1n) is 10.5. The molecule has 0 aliphatic carbocycles. The largest absolute Gasteiger partial charge is 0.357 e. The van der Waals surface area contributed by atoms with Gasteiger partial charge >= 0.3 is 0 Å². The van der Waals surface area contributed by atoms with Gasteiger partial charge in [0, 0.05) is 45.0 Å². The van der Waals surface area contributed by atoms with Crippen LogP contribution in [0.15, 0.2) is 71.5 Å². The predicted octanol–water partition coefficient (Wildman–Crippen LogP) is 4.02. The molecule has 1 aromatic carbocycles. The number of piperidine rings is 1. The summed E-state index contributed by atoms with van der Waals surface area (Å²) in [6, 6.07) is 16.7. The van der Waals surface area contributed by atoms with Crippen molar-refractivity contribution in [2.45, 2.75) is 26.2 Å². The minimum Gasteiger partial charge on any atom is -0.357 e. The molecule has 1 aliphatic heterocycles. The van der Waals surface area contributed by atoms with Crippen molar-refractivity contribution in [2.75, 3.05) is 26.2 Å². The van der Waals surface area contributed by atoms with Crippen LogP contribution in [0.4, 0.5) is 0 Å². The number of benzene rings is 1. The summed E-state index contributed by atoms with van der Waals surface area (Å²) in [4.78, 5) is 11.9. The fourth-order valence-electron chi connectivity index (χ4n) is 3.74. The lowest BCUT2D eigenvalue weighted by Crippen LogP contribution is -2.44.